The average molecular weight is 462 g/mol. The van der Waals surface area contributed by atoms with E-state index in [0.29, 0.717) is 52.8 Å². The molecule has 176 valence electrons. The SMILES string of the molecule is COc1cc2nc(C)nc(N[C@H](C)c3cc(N)cc(C(F)(F)F)c3)c2cc1O[C@H]1CCOC1. The van der Waals surface area contributed by atoms with Crippen LogP contribution in [-0.2, 0) is 10.9 Å². The highest BCUT2D eigenvalue weighted by Gasteiger charge is 2.31. The number of aromatic nitrogens is 2. The summed E-state index contributed by atoms with van der Waals surface area (Å²) in [6, 6.07) is 6.54. The Morgan fingerprint density at radius 2 is 1.94 bits per heavy atom. The molecule has 2 aromatic carbocycles. The maximum absolute atomic E-state index is 13.3. The second-order valence-corrected chi connectivity index (χ2v) is 8.00. The van der Waals surface area contributed by atoms with Crippen LogP contribution in [0.25, 0.3) is 10.9 Å². The molecule has 1 saturated heterocycles. The van der Waals surface area contributed by atoms with Gasteiger partial charge >= 0.3 is 6.18 Å². The molecule has 0 saturated carbocycles. The molecule has 0 bridgehead atoms. The monoisotopic (exact) mass is 462 g/mol. The molecule has 33 heavy (non-hydrogen) atoms. The van der Waals surface area contributed by atoms with E-state index in [0.717, 1.165) is 18.6 Å². The number of ether oxygens (including phenoxy) is 3. The second-order valence-electron chi connectivity index (χ2n) is 8.00. The van der Waals surface area contributed by atoms with Crippen molar-refractivity contribution in [2.45, 2.75) is 38.6 Å². The summed E-state index contributed by atoms with van der Waals surface area (Å²) in [5.41, 5.74) is 5.99. The van der Waals surface area contributed by atoms with Crippen LogP contribution in [0.1, 0.15) is 36.3 Å². The van der Waals surface area contributed by atoms with E-state index in [9.17, 15) is 13.2 Å². The highest BCUT2D eigenvalue weighted by Crippen LogP contribution is 2.37. The lowest BCUT2D eigenvalue weighted by Crippen LogP contribution is -2.16. The number of rotatable bonds is 6. The van der Waals surface area contributed by atoms with Gasteiger partial charge in [0, 0.05) is 23.6 Å². The van der Waals surface area contributed by atoms with Crippen molar-refractivity contribution in [3.63, 3.8) is 0 Å². The van der Waals surface area contributed by atoms with E-state index < -0.39 is 17.8 Å². The number of fused-ring (bicyclic) bond motifs is 1. The molecule has 10 heteroatoms. The van der Waals surface area contributed by atoms with E-state index in [1.807, 2.05) is 0 Å². The fourth-order valence-electron chi connectivity index (χ4n) is 3.78. The molecular weight excluding hydrogens is 437 g/mol. The van der Waals surface area contributed by atoms with Crippen molar-refractivity contribution in [2.75, 3.05) is 31.4 Å². The fourth-order valence-corrected chi connectivity index (χ4v) is 3.78. The third-order valence-electron chi connectivity index (χ3n) is 5.43. The Morgan fingerprint density at radius 3 is 2.61 bits per heavy atom. The predicted octanol–water partition coefficient (Wildman–Crippen LogP) is 4.89. The van der Waals surface area contributed by atoms with Gasteiger partial charge in [0.05, 0.1) is 37.4 Å². The first-order valence-electron chi connectivity index (χ1n) is 10.5. The number of hydrogen-bond donors (Lipinski definition) is 2. The first kappa shape index (κ1) is 22.9. The van der Waals surface area contributed by atoms with E-state index in [1.54, 1.807) is 33.1 Å². The first-order chi connectivity index (χ1) is 15.6. The predicted molar refractivity (Wildman–Crippen MR) is 119 cm³/mol. The van der Waals surface area contributed by atoms with Crippen LogP contribution in [-0.4, -0.2) is 36.4 Å². The molecule has 0 spiro atoms. The lowest BCUT2D eigenvalue weighted by atomic mass is 10.0. The van der Waals surface area contributed by atoms with E-state index in [2.05, 4.69) is 15.3 Å². The largest absolute Gasteiger partial charge is 0.493 e. The van der Waals surface area contributed by atoms with Gasteiger partial charge in [-0.25, -0.2) is 9.97 Å². The van der Waals surface area contributed by atoms with Gasteiger partial charge in [0.2, 0.25) is 0 Å². The summed E-state index contributed by atoms with van der Waals surface area (Å²) in [4.78, 5) is 8.97. The third-order valence-corrected chi connectivity index (χ3v) is 5.43. The van der Waals surface area contributed by atoms with Crippen molar-refractivity contribution in [2.24, 2.45) is 0 Å². The molecule has 0 aliphatic carbocycles. The lowest BCUT2D eigenvalue weighted by Gasteiger charge is -2.20. The van der Waals surface area contributed by atoms with Gasteiger partial charge in [-0.3, -0.25) is 0 Å². The maximum atomic E-state index is 13.3. The molecule has 1 aliphatic rings. The normalized spacial score (nSPS) is 17.2. The molecule has 1 aliphatic heterocycles. The average Bonchev–Trinajstić information content (AvgIpc) is 3.25. The van der Waals surface area contributed by atoms with Gasteiger partial charge in [-0.05, 0) is 43.7 Å². The second kappa shape index (κ2) is 8.93. The topological polar surface area (TPSA) is 91.5 Å². The number of nitrogen functional groups attached to an aromatic ring is 1. The van der Waals surface area contributed by atoms with Crippen LogP contribution in [0.5, 0.6) is 11.5 Å². The van der Waals surface area contributed by atoms with Gasteiger partial charge in [-0.2, -0.15) is 13.2 Å². The zero-order chi connectivity index (χ0) is 23.8. The van der Waals surface area contributed by atoms with Crippen LogP contribution >= 0.6 is 0 Å². The molecule has 0 amide bonds. The third kappa shape index (κ3) is 5.05. The molecule has 0 unspecified atom stereocenters. The molecule has 4 rings (SSSR count). The van der Waals surface area contributed by atoms with Crippen LogP contribution in [0.15, 0.2) is 30.3 Å². The number of halogens is 3. The van der Waals surface area contributed by atoms with Crippen LogP contribution in [0.2, 0.25) is 0 Å². The Labute approximate surface area is 189 Å². The lowest BCUT2D eigenvalue weighted by molar-refractivity contribution is -0.137. The van der Waals surface area contributed by atoms with Gasteiger partial charge in [0.15, 0.2) is 11.5 Å². The number of methoxy groups -OCH3 is 1. The number of anilines is 2. The summed E-state index contributed by atoms with van der Waals surface area (Å²) in [5.74, 6) is 2.01. The number of benzene rings is 2. The van der Waals surface area contributed by atoms with E-state index in [1.165, 1.54) is 6.07 Å². The molecule has 3 aromatic rings. The Hall–Kier alpha value is -3.27. The Balaban J connectivity index is 1.71. The van der Waals surface area contributed by atoms with Gasteiger partial charge < -0.3 is 25.3 Å². The molecule has 0 radical (unpaired) electrons. The summed E-state index contributed by atoms with van der Waals surface area (Å²) in [6.45, 7) is 4.61. The van der Waals surface area contributed by atoms with Crippen molar-refractivity contribution >= 4 is 22.4 Å². The molecule has 1 aromatic heterocycles. The molecule has 2 heterocycles. The number of alkyl halides is 3. The number of hydrogen-bond acceptors (Lipinski definition) is 7. The van der Waals surface area contributed by atoms with Gasteiger partial charge in [-0.15, -0.1) is 0 Å². The van der Waals surface area contributed by atoms with Crippen molar-refractivity contribution in [3.8, 4) is 11.5 Å². The zero-order valence-electron chi connectivity index (χ0n) is 18.5. The summed E-state index contributed by atoms with van der Waals surface area (Å²) in [5, 5.41) is 3.87. The Bertz CT molecular complexity index is 1160. The van der Waals surface area contributed by atoms with Crippen molar-refractivity contribution in [3.05, 3.63) is 47.3 Å². The standard InChI is InChI=1S/C23H25F3N4O3/c1-12(14-6-15(23(24,25)26)8-16(27)7-14)28-22-18-9-21(33-17-4-5-32-11-17)20(31-3)10-19(18)29-13(2)30-22/h6-10,12,17H,4-5,11,27H2,1-3H3,(H,28,29,30)/t12-,17+/m1/s1. The zero-order valence-corrected chi connectivity index (χ0v) is 18.5. The van der Waals surface area contributed by atoms with Crippen LogP contribution in [0.4, 0.5) is 24.7 Å². The quantitative estimate of drug-likeness (QED) is 0.504. The number of aryl methyl sites for hydroxylation is 1. The Morgan fingerprint density at radius 1 is 1.15 bits per heavy atom. The first-order valence-corrected chi connectivity index (χ1v) is 10.5. The van der Waals surface area contributed by atoms with Gasteiger partial charge in [0.1, 0.15) is 17.7 Å². The smallest absolute Gasteiger partial charge is 0.416 e. The Kier molecular flexibility index (Phi) is 6.20. The number of nitrogens with zero attached hydrogens (tertiary/aromatic N) is 2. The van der Waals surface area contributed by atoms with Gasteiger partial charge in [-0.1, -0.05) is 0 Å². The van der Waals surface area contributed by atoms with Crippen molar-refractivity contribution < 1.29 is 27.4 Å². The van der Waals surface area contributed by atoms with Crippen LogP contribution in [0, 0.1) is 6.92 Å². The highest BCUT2D eigenvalue weighted by molar-refractivity contribution is 5.92. The minimum absolute atomic E-state index is 0.0383. The van der Waals surface area contributed by atoms with Crippen molar-refractivity contribution in [1.29, 1.82) is 0 Å². The minimum Gasteiger partial charge on any atom is -0.493 e. The summed E-state index contributed by atoms with van der Waals surface area (Å²) >= 11 is 0. The molecular formula is C23H25F3N4O3. The fraction of sp³-hybridized carbons (Fsp3) is 0.391. The van der Waals surface area contributed by atoms with Crippen LogP contribution in [0.3, 0.4) is 0 Å². The van der Waals surface area contributed by atoms with Crippen molar-refractivity contribution in [1.82, 2.24) is 9.97 Å². The summed E-state index contributed by atoms with van der Waals surface area (Å²) in [7, 11) is 1.55. The minimum atomic E-state index is -4.49. The van der Waals surface area contributed by atoms with Gasteiger partial charge in [0.25, 0.3) is 0 Å². The highest BCUT2D eigenvalue weighted by atomic mass is 19.4. The summed E-state index contributed by atoms with van der Waals surface area (Å²) in [6.07, 6.45) is -3.81. The molecule has 1 fully saturated rings. The molecule has 3 N–H and O–H groups in total. The van der Waals surface area contributed by atoms with E-state index in [4.69, 9.17) is 19.9 Å². The number of nitrogens with one attached hydrogen (secondary N) is 1. The van der Waals surface area contributed by atoms with E-state index in [-0.39, 0.29) is 11.8 Å². The number of nitrogens with two attached hydrogens (primary N) is 1. The van der Waals surface area contributed by atoms with E-state index >= 15 is 0 Å². The summed E-state index contributed by atoms with van der Waals surface area (Å²) < 4.78 is 56.7. The van der Waals surface area contributed by atoms with Crippen LogP contribution < -0.4 is 20.5 Å². The molecule has 2 atom stereocenters. The maximum Gasteiger partial charge on any atom is 0.416 e. The molecule has 7 nitrogen and oxygen atoms in total.